The highest BCUT2D eigenvalue weighted by Crippen LogP contribution is 2.21. The number of ether oxygens (including phenoxy) is 1. The molecule has 8 nitrogen and oxygen atoms in total. The van der Waals surface area contributed by atoms with Crippen molar-refractivity contribution in [2.75, 3.05) is 19.7 Å². The maximum atomic E-state index is 13.2. The molecule has 0 saturated heterocycles. The number of hydrogen-bond donors (Lipinski definition) is 0. The molecule has 1 heterocycles. The summed E-state index contributed by atoms with van der Waals surface area (Å²) in [6.45, 7) is 9.63. The summed E-state index contributed by atoms with van der Waals surface area (Å²) in [6.07, 6.45) is 3.41. The molecule has 10 heteroatoms. The third kappa shape index (κ3) is 6.74. The van der Waals surface area contributed by atoms with Crippen LogP contribution in [0.2, 0.25) is 0 Å². The molecule has 0 atom stereocenters. The lowest BCUT2D eigenvalue weighted by Gasteiger charge is -2.22. The van der Waals surface area contributed by atoms with E-state index in [0.29, 0.717) is 42.2 Å². The third-order valence-electron chi connectivity index (χ3n) is 5.97. The van der Waals surface area contributed by atoms with E-state index in [9.17, 15) is 18.0 Å². The maximum Gasteiger partial charge on any atom is 0.338 e. The molecule has 0 unspecified atom stereocenters. The molecule has 0 aliphatic heterocycles. The molecule has 0 N–H and O–H groups in total. The number of aromatic nitrogens is 1. The minimum absolute atomic E-state index is 0.174. The predicted molar refractivity (Wildman–Crippen MR) is 146 cm³/mol. The van der Waals surface area contributed by atoms with E-state index < -0.39 is 21.9 Å². The molecule has 0 aliphatic carbocycles. The molecule has 0 saturated carbocycles. The normalized spacial score (nSPS) is 12.4. The number of esters is 1. The SMILES string of the molecule is CCCCN(CCCC)S(=O)(=O)c1ccc(C(=O)N=c2sc3cc(C(=O)OCC)ccc3n2CC)cc1. The highest BCUT2D eigenvalue weighted by molar-refractivity contribution is 7.89. The Morgan fingerprint density at radius 3 is 2.14 bits per heavy atom. The van der Waals surface area contributed by atoms with E-state index in [0.717, 1.165) is 35.9 Å². The number of carbonyl (C=O) groups excluding carboxylic acids is 2. The lowest BCUT2D eigenvalue weighted by molar-refractivity contribution is 0.0526. The van der Waals surface area contributed by atoms with Crippen molar-refractivity contribution in [2.24, 2.45) is 4.99 Å². The first-order valence-corrected chi connectivity index (χ1v) is 15.0. The summed E-state index contributed by atoms with van der Waals surface area (Å²) in [5, 5.41) is 0. The summed E-state index contributed by atoms with van der Waals surface area (Å²) in [6, 6.07) is 11.3. The van der Waals surface area contributed by atoms with Gasteiger partial charge in [-0.3, -0.25) is 4.79 Å². The molecular formula is C27H35N3O5S2. The van der Waals surface area contributed by atoms with Crippen molar-refractivity contribution >= 4 is 43.5 Å². The number of aryl methyl sites for hydroxylation is 1. The smallest absolute Gasteiger partial charge is 0.338 e. The van der Waals surface area contributed by atoms with Gasteiger partial charge in [0.2, 0.25) is 10.0 Å². The summed E-state index contributed by atoms with van der Waals surface area (Å²) in [7, 11) is -3.64. The Hall–Kier alpha value is -2.82. The summed E-state index contributed by atoms with van der Waals surface area (Å²) in [5.74, 6) is -0.856. The predicted octanol–water partition coefficient (Wildman–Crippen LogP) is 5.23. The molecule has 0 bridgehead atoms. The molecule has 0 aliphatic rings. The lowest BCUT2D eigenvalue weighted by Crippen LogP contribution is -2.33. The molecule has 200 valence electrons. The number of sulfonamides is 1. The number of unbranched alkanes of at least 4 members (excludes halogenated alkanes) is 2. The highest BCUT2D eigenvalue weighted by Gasteiger charge is 2.24. The molecule has 1 aromatic heterocycles. The highest BCUT2D eigenvalue weighted by atomic mass is 32.2. The minimum atomic E-state index is -3.64. The Balaban J connectivity index is 1.90. The van der Waals surface area contributed by atoms with Gasteiger partial charge in [0.1, 0.15) is 0 Å². The van der Waals surface area contributed by atoms with E-state index in [1.54, 1.807) is 19.1 Å². The van der Waals surface area contributed by atoms with Gasteiger partial charge in [0.05, 0.1) is 27.3 Å². The van der Waals surface area contributed by atoms with Crippen molar-refractivity contribution in [1.29, 1.82) is 0 Å². The molecule has 3 aromatic rings. The first-order valence-electron chi connectivity index (χ1n) is 12.8. The summed E-state index contributed by atoms with van der Waals surface area (Å²) < 4.78 is 35.7. The quantitative estimate of drug-likeness (QED) is 0.290. The van der Waals surface area contributed by atoms with Crippen LogP contribution in [0.3, 0.4) is 0 Å². The van der Waals surface area contributed by atoms with E-state index in [4.69, 9.17) is 4.74 Å². The van der Waals surface area contributed by atoms with Gasteiger partial charge in [-0.05, 0) is 69.2 Å². The van der Waals surface area contributed by atoms with Gasteiger partial charge in [-0.2, -0.15) is 9.30 Å². The van der Waals surface area contributed by atoms with Gasteiger partial charge in [0.15, 0.2) is 4.80 Å². The zero-order chi connectivity index (χ0) is 27.0. The van der Waals surface area contributed by atoms with Crippen LogP contribution in [0, 0.1) is 0 Å². The topological polar surface area (TPSA) is 98.0 Å². The van der Waals surface area contributed by atoms with Gasteiger partial charge in [-0.25, -0.2) is 13.2 Å². The van der Waals surface area contributed by atoms with Crippen LogP contribution in [0.1, 0.15) is 74.1 Å². The van der Waals surface area contributed by atoms with Gasteiger partial charge < -0.3 is 9.30 Å². The fourth-order valence-corrected chi connectivity index (χ4v) is 6.55. The second-order valence-electron chi connectivity index (χ2n) is 8.58. The van der Waals surface area contributed by atoms with Gasteiger partial charge in [-0.1, -0.05) is 38.0 Å². The summed E-state index contributed by atoms with van der Waals surface area (Å²) >= 11 is 1.31. The Morgan fingerprint density at radius 1 is 0.946 bits per heavy atom. The second kappa shape index (κ2) is 13.1. The van der Waals surface area contributed by atoms with Crippen LogP contribution >= 0.6 is 11.3 Å². The average molecular weight is 546 g/mol. The molecular weight excluding hydrogens is 510 g/mol. The van der Waals surface area contributed by atoms with Gasteiger partial charge in [0, 0.05) is 25.2 Å². The first kappa shape index (κ1) is 28.7. The van der Waals surface area contributed by atoms with Gasteiger partial charge >= 0.3 is 5.97 Å². The van der Waals surface area contributed by atoms with Crippen LogP contribution in [0.4, 0.5) is 0 Å². The van der Waals surface area contributed by atoms with E-state index >= 15 is 0 Å². The lowest BCUT2D eigenvalue weighted by atomic mass is 10.2. The largest absolute Gasteiger partial charge is 0.462 e. The molecule has 2 aromatic carbocycles. The van der Waals surface area contributed by atoms with E-state index in [1.165, 1.54) is 39.9 Å². The number of hydrogen-bond acceptors (Lipinski definition) is 6. The fraction of sp³-hybridized carbons (Fsp3) is 0.444. The van der Waals surface area contributed by atoms with Crippen molar-refractivity contribution in [3.63, 3.8) is 0 Å². The summed E-state index contributed by atoms with van der Waals surface area (Å²) in [5.41, 5.74) is 1.62. The average Bonchev–Trinajstić information content (AvgIpc) is 3.24. The summed E-state index contributed by atoms with van der Waals surface area (Å²) in [4.78, 5) is 30.1. The van der Waals surface area contributed by atoms with Crippen molar-refractivity contribution in [2.45, 2.75) is 64.8 Å². The van der Waals surface area contributed by atoms with Crippen molar-refractivity contribution in [1.82, 2.24) is 8.87 Å². The van der Waals surface area contributed by atoms with Gasteiger partial charge in [0.25, 0.3) is 5.91 Å². The number of amides is 1. The number of carbonyl (C=O) groups is 2. The van der Waals surface area contributed by atoms with Crippen molar-refractivity contribution in [3.8, 4) is 0 Å². The fourth-order valence-electron chi connectivity index (χ4n) is 3.90. The van der Waals surface area contributed by atoms with Crippen molar-refractivity contribution < 1.29 is 22.7 Å². The van der Waals surface area contributed by atoms with Gasteiger partial charge in [-0.15, -0.1) is 0 Å². The monoisotopic (exact) mass is 545 g/mol. The maximum absolute atomic E-state index is 13.2. The van der Waals surface area contributed by atoms with E-state index in [2.05, 4.69) is 4.99 Å². The second-order valence-corrected chi connectivity index (χ2v) is 11.5. The molecule has 0 radical (unpaired) electrons. The Labute approximate surface area is 222 Å². The molecule has 0 fully saturated rings. The van der Waals surface area contributed by atoms with Crippen LogP contribution in [0.25, 0.3) is 10.2 Å². The van der Waals surface area contributed by atoms with Crippen LogP contribution in [0.5, 0.6) is 0 Å². The zero-order valence-electron chi connectivity index (χ0n) is 21.9. The van der Waals surface area contributed by atoms with Crippen LogP contribution < -0.4 is 4.80 Å². The molecule has 3 rings (SSSR count). The van der Waals surface area contributed by atoms with Crippen LogP contribution in [-0.2, 0) is 21.3 Å². The zero-order valence-corrected chi connectivity index (χ0v) is 23.5. The number of thiazole rings is 1. The molecule has 1 amide bonds. The Morgan fingerprint density at radius 2 is 1.57 bits per heavy atom. The van der Waals surface area contributed by atoms with Crippen LogP contribution in [0.15, 0.2) is 52.4 Å². The van der Waals surface area contributed by atoms with Crippen molar-refractivity contribution in [3.05, 3.63) is 58.4 Å². The number of benzene rings is 2. The minimum Gasteiger partial charge on any atom is -0.462 e. The standard InChI is InChI=1S/C27H35N3O5S2/c1-5-9-17-29(18-10-6-2)37(33,34)22-14-11-20(12-15-22)25(31)28-27-30(7-3)23-16-13-21(19-24(23)36-27)26(32)35-8-4/h11-16,19H,5-10,17-18H2,1-4H3. The van der Waals surface area contributed by atoms with E-state index in [1.807, 2.05) is 31.4 Å². The third-order valence-corrected chi connectivity index (χ3v) is 8.92. The number of rotatable bonds is 12. The molecule has 0 spiro atoms. The molecule has 37 heavy (non-hydrogen) atoms. The Kier molecular flexibility index (Phi) is 10.2. The Bertz CT molecular complexity index is 1400. The van der Waals surface area contributed by atoms with E-state index in [-0.39, 0.29) is 4.90 Å². The van der Waals surface area contributed by atoms with Crippen LogP contribution in [-0.4, -0.2) is 48.9 Å². The number of nitrogens with zero attached hydrogens (tertiary/aromatic N) is 3. The first-order chi connectivity index (χ1) is 17.8. The number of fused-ring (bicyclic) bond motifs is 1.